The third-order valence-corrected chi connectivity index (χ3v) is 0.456. The molecule has 0 atom stereocenters. The molecular weight excluding hydrogens is 155 g/mol. The Hall–Kier alpha value is 1.62. The van der Waals surface area contributed by atoms with Crippen LogP contribution in [-0.4, -0.2) is 11.0 Å². The zero-order chi connectivity index (χ0) is 4.99. The van der Waals surface area contributed by atoms with Gasteiger partial charge in [0.2, 0.25) is 6.61 Å². The van der Waals surface area contributed by atoms with Crippen LogP contribution in [0.5, 0.6) is 0 Å². The van der Waals surface area contributed by atoms with Crippen molar-refractivity contribution >= 4 is 29.2 Å². The van der Waals surface area contributed by atoms with E-state index in [1.807, 2.05) is 0 Å². The van der Waals surface area contributed by atoms with Gasteiger partial charge in [0.05, 0.1) is 0 Å². The minimum Gasteiger partial charge on any atom is -0.473 e. The van der Waals surface area contributed by atoms with Crippen LogP contribution in [0.3, 0.4) is 0 Å². The molecule has 0 amide bonds. The van der Waals surface area contributed by atoms with E-state index < -0.39 is 0 Å². The van der Waals surface area contributed by atoms with Crippen molar-refractivity contribution in [3.8, 4) is 0 Å². The Balaban J connectivity index is 0. The molecule has 0 unspecified atom stereocenters. The van der Waals surface area contributed by atoms with Gasteiger partial charge >= 0.3 is 51.4 Å². The van der Waals surface area contributed by atoms with Gasteiger partial charge in [0.15, 0.2) is 0 Å². The molecule has 4 heteroatoms. The van der Waals surface area contributed by atoms with Crippen LogP contribution in [0.4, 0.5) is 0 Å². The first-order chi connectivity index (χ1) is 2.77. The van der Waals surface area contributed by atoms with E-state index in [0.29, 0.717) is 6.61 Å². The van der Waals surface area contributed by atoms with Crippen LogP contribution in [-0.2, 0) is 17.4 Å². The first kappa shape index (κ1) is 11.4. The summed E-state index contributed by atoms with van der Waals surface area (Å²) in [4.78, 5) is 0. The molecule has 34 valence electrons. The molecule has 0 aliphatic heterocycles. The molecule has 0 aromatic rings. The molecule has 0 aromatic heterocycles. The van der Waals surface area contributed by atoms with Crippen molar-refractivity contribution in [1.82, 2.24) is 0 Å². The van der Waals surface area contributed by atoms with Crippen molar-refractivity contribution in [2.45, 2.75) is 0 Å². The smallest absolute Gasteiger partial charge is 0.473 e. The fourth-order valence-electron chi connectivity index (χ4n) is 0.0833. The quantitative estimate of drug-likeness (QED) is 0.184. The molecule has 0 aliphatic carbocycles. The molecule has 0 aliphatic rings. The maximum Gasteiger partial charge on any atom is 1.00 e. The van der Waals surface area contributed by atoms with Gasteiger partial charge in [0.1, 0.15) is 6.92 Å². The molecule has 7 heavy (non-hydrogen) atoms. The molecule has 0 saturated heterocycles. The largest absolute Gasteiger partial charge is 1.00 e. The standard InChI is InChI=1S/C3H4OS2.K/c1-2-4-3(5)6;/h1-2H2;/q;+1. The van der Waals surface area contributed by atoms with E-state index >= 15 is 0 Å². The van der Waals surface area contributed by atoms with E-state index in [1.165, 1.54) is 0 Å². The molecule has 0 rings (SSSR count). The van der Waals surface area contributed by atoms with Crippen molar-refractivity contribution in [2.24, 2.45) is 0 Å². The van der Waals surface area contributed by atoms with Crippen LogP contribution >= 0.6 is 12.2 Å². The van der Waals surface area contributed by atoms with Gasteiger partial charge in [0.25, 0.3) is 0 Å². The maximum atomic E-state index is 4.48. The molecule has 0 spiro atoms. The Morgan fingerprint density at radius 3 is 2.29 bits per heavy atom. The van der Waals surface area contributed by atoms with Crippen molar-refractivity contribution in [2.75, 3.05) is 6.61 Å². The monoisotopic (exact) mass is 159 g/mol. The number of rotatable bonds is 1. The predicted octanol–water partition coefficient (Wildman–Crippen LogP) is -2.33. The minimum absolute atomic E-state index is 0. The Labute approximate surface area is 97.0 Å². The predicted molar refractivity (Wildman–Crippen MR) is 31.3 cm³/mol. The van der Waals surface area contributed by atoms with Gasteiger partial charge in [-0.1, -0.05) is 0 Å². The second kappa shape index (κ2) is 7.62. The molecular formula is C3H4KOS2+. The van der Waals surface area contributed by atoms with Gasteiger partial charge in [-0.25, -0.2) is 0 Å². The van der Waals surface area contributed by atoms with Gasteiger partial charge in [-0.3, -0.25) is 0 Å². The molecule has 1 nitrogen and oxygen atoms in total. The summed E-state index contributed by atoms with van der Waals surface area (Å²) in [6, 6.07) is 0. The first-order valence-corrected chi connectivity index (χ1v) is 2.22. The normalized spacial score (nSPS) is 6.29. The molecule has 0 N–H and O–H groups in total. The van der Waals surface area contributed by atoms with Crippen LogP contribution in [0.2, 0.25) is 0 Å². The van der Waals surface area contributed by atoms with E-state index in [2.05, 4.69) is 36.5 Å². The second-order valence-electron chi connectivity index (χ2n) is 0.598. The first-order valence-electron chi connectivity index (χ1n) is 1.40. The van der Waals surface area contributed by atoms with E-state index in [9.17, 15) is 0 Å². The van der Waals surface area contributed by atoms with Crippen LogP contribution in [0.1, 0.15) is 0 Å². The molecule has 0 saturated carbocycles. The van der Waals surface area contributed by atoms with E-state index in [-0.39, 0.29) is 55.8 Å². The summed E-state index contributed by atoms with van der Waals surface area (Å²) in [5.74, 6) is 0. The van der Waals surface area contributed by atoms with E-state index in [0.717, 1.165) is 0 Å². The van der Waals surface area contributed by atoms with Gasteiger partial charge in [-0.2, -0.15) is 0 Å². The average molecular weight is 159 g/mol. The van der Waals surface area contributed by atoms with Crippen molar-refractivity contribution in [1.29, 1.82) is 0 Å². The van der Waals surface area contributed by atoms with Crippen LogP contribution in [0.15, 0.2) is 0 Å². The maximum absolute atomic E-state index is 4.48. The zero-order valence-electron chi connectivity index (χ0n) is 4.14. The van der Waals surface area contributed by atoms with Crippen molar-refractivity contribution < 1.29 is 56.1 Å². The third-order valence-electron chi connectivity index (χ3n) is 0.220. The molecule has 0 radical (unpaired) electrons. The summed E-state index contributed by atoms with van der Waals surface area (Å²) in [6.45, 7) is 3.69. The van der Waals surface area contributed by atoms with Crippen LogP contribution in [0.25, 0.3) is 0 Å². The zero-order valence-corrected chi connectivity index (χ0v) is 8.90. The SMILES string of the molecule is [CH2+]COC(=S)[S-].[K+]. The minimum atomic E-state index is 0. The number of thiocarbonyl (C=S) groups is 1. The van der Waals surface area contributed by atoms with Gasteiger partial charge in [0, 0.05) is 4.38 Å². The second-order valence-corrected chi connectivity index (χ2v) is 1.60. The number of ether oxygens (including phenoxy) is 1. The summed E-state index contributed by atoms with van der Waals surface area (Å²) >= 11 is 8.69. The summed E-state index contributed by atoms with van der Waals surface area (Å²) < 4.78 is 4.62. The van der Waals surface area contributed by atoms with Gasteiger partial charge in [-0.05, 0) is 0 Å². The van der Waals surface area contributed by atoms with E-state index in [4.69, 9.17) is 0 Å². The van der Waals surface area contributed by atoms with Gasteiger partial charge in [-0.15, -0.1) is 0 Å². The molecule has 0 aromatic carbocycles. The van der Waals surface area contributed by atoms with Crippen molar-refractivity contribution in [3.63, 3.8) is 0 Å². The number of hydrogen-bond donors (Lipinski definition) is 0. The van der Waals surface area contributed by atoms with Crippen LogP contribution < -0.4 is 51.4 Å². The average Bonchev–Trinajstić information content (AvgIpc) is 1.35. The molecule has 0 fully saturated rings. The summed E-state index contributed by atoms with van der Waals surface area (Å²) in [5.41, 5.74) is 0. The van der Waals surface area contributed by atoms with Crippen molar-refractivity contribution in [3.05, 3.63) is 6.92 Å². The Bertz CT molecular complexity index is 56.9. The van der Waals surface area contributed by atoms with E-state index in [1.54, 1.807) is 0 Å². The summed E-state index contributed by atoms with van der Waals surface area (Å²) in [5, 5.41) is 0. The summed E-state index contributed by atoms with van der Waals surface area (Å²) in [6.07, 6.45) is 0. The third kappa shape index (κ3) is 11.3. The van der Waals surface area contributed by atoms with Crippen LogP contribution in [0, 0.1) is 6.92 Å². The summed E-state index contributed by atoms with van der Waals surface area (Å²) in [7, 11) is 0. The Kier molecular flexibility index (Phi) is 12.4. The molecule has 0 heterocycles. The Morgan fingerprint density at radius 1 is 1.86 bits per heavy atom. The number of hydrogen-bond acceptors (Lipinski definition) is 3. The topological polar surface area (TPSA) is 9.23 Å². The fourth-order valence-corrected chi connectivity index (χ4v) is 0.250. The fraction of sp³-hybridized carbons (Fsp3) is 0.333. The Morgan fingerprint density at radius 2 is 2.29 bits per heavy atom. The van der Waals surface area contributed by atoms with Gasteiger partial charge < -0.3 is 29.6 Å². The molecule has 0 bridgehead atoms.